The SMILES string of the molecule is Cc1ccc(NCC2CCOC2)cc1Br. The summed E-state index contributed by atoms with van der Waals surface area (Å²) in [6.07, 6.45) is 1.18. The second kappa shape index (κ2) is 4.99. The lowest BCUT2D eigenvalue weighted by Crippen LogP contribution is -2.13. The molecule has 82 valence electrons. The molecule has 1 aliphatic heterocycles. The predicted molar refractivity (Wildman–Crippen MR) is 66.3 cm³/mol. The van der Waals surface area contributed by atoms with E-state index in [-0.39, 0.29) is 0 Å². The van der Waals surface area contributed by atoms with Gasteiger partial charge in [0, 0.05) is 29.2 Å². The van der Waals surface area contributed by atoms with Gasteiger partial charge in [0.15, 0.2) is 0 Å². The van der Waals surface area contributed by atoms with Crippen LogP contribution in [0.15, 0.2) is 22.7 Å². The first kappa shape index (κ1) is 11.0. The Labute approximate surface area is 99.1 Å². The third-order valence-corrected chi connectivity index (χ3v) is 3.65. The molecule has 1 fully saturated rings. The minimum atomic E-state index is 0.671. The molecule has 0 bridgehead atoms. The van der Waals surface area contributed by atoms with Crippen LogP contribution in [0.5, 0.6) is 0 Å². The van der Waals surface area contributed by atoms with E-state index >= 15 is 0 Å². The molecule has 0 spiro atoms. The van der Waals surface area contributed by atoms with E-state index in [0.29, 0.717) is 5.92 Å². The average molecular weight is 270 g/mol. The van der Waals surface area contributed by atoms with E-state index in [9.17, 15) is 0 Å². The Morgan fingerprint density at radius 1 is 1.53 bits per heavy atom. The predicted octanol–water partition coefficient (Wildman–Crippen LogP) is 3.21. The Morgan fingerprint density at radius 3 is 3.07 bits per heavy atom. The molecule has 1 N–H and O–H groups in total. The third kappa shape index (κ3) is 2.95. The van der Waals surface area contributed by atoms with Crippen LogP contribution in [-0.4, -0.2) is 19.8 Å². The summed E-state index contributed by atoms with van der Waals surface area (Å²) in [4.78, 5) is 0. The lowest BCUT2D eigenvalue weighted by atomic mass is 10.1. The van der Waals surface area contributed by atoms with Crippen molar-refractivity contribution in [2.24, 2.45) is 5.92 Å². The molecule has 1 heterocycles. The van der Waals surface area contributed by atoms with Crippen LogP contribution in [0.25, 0.3) is 0 Å². The van der Waals surface area contributed by atoms with Crippen molar-refractivity contribution < 1.29 is 4.74 Å². The molecule has 3 heteroatoms. The molecule has 1 atom stereocenters. The molecule has 2 rings (SSSR count). The lowest BCUT2D eigenvalue weighted by molar-refractivity contribution is 0.187. The number of anilines is 1. The van der Waals surface area contributed by atoms with Gasteiger partial charge in [-0.1, -0.05) is 22.0 Å². The molecule has 0 amide bonds. The maximum Gasteiger partial charge on any atom is 0.0511 e. The summed E-state index contributed by atoms with van der Waals surface area (Å²) in [5.41, 5.74) is 2.45. The van der Waals surface area contributed by atoms with Gasteiger partial charge >= 0.3 is 0 Å². The number of hydrogen-bond acceptors (Lipinski definition) is 2. The zero-order valence-electron chi connectivity index (χ0n) is 8.92. The number of benzene rings is 1. The highest BCUT2D eigenvalue weighted by atomic mass is 79.9. The molecule has 1 aromatic carbocycles. The third-order valence-electron chi connectivity index (χ3n) is 2.79. The fraction of sp³-hybridized carbons (Fsp3) is 0.500. The molecule has 0 radical (unpaired) electrons. The van der Waals surface area contributed by atoms with Crippen molar-refractivity contribution in [2.45, 2.75) is 13.3 Å². The standard InChI is InChI=1S/C12H16BrNO/c1-9-2-3-11(6-12(9)13)14-7-10-4-5-15-8-10/h2-3,6,10,14H,4-5,7-8H2,1H3. The highest BCUT2D eigenvalue weighted by molar-refractivity contribution is 9.10. The molecule has 1 unspecified atom stereocenters. The Morgan fingerprint density at radius 2 is 2.40 bits per heavy atom. The van der Waals surface area contributed by atoms with Crippen molar-refractivity contribution in [3.63, 3.8) is 0 Å². The van der Waals surface area contributed by atoms with Gasteiger partial charge in [-0.2, -0.15) is 0 Å². The summed E-state index contributed by atoms with van der Waals surface area (Å²) in [5.74, 6) is 0.671. The second-order valence-corrected chi connectivity index (χ2v) is 4.93. The number of ether oxygens (including phenoxy) is 1. The molecule has 0 aromatic heterocycles. The van der Waals surface area contributed by atoms with Gasteiger partial charge in [0.05, 0.1) is 6.61 Å². The Bertz CT molecular complexity index is 334. The van der Waals surface area contributed by atoms with Gasteiger partial charge in [-0.3, -0.25) is 0 Å². The van der Waals surface area contributed by atoms with E-state index in [0.717, 1.165) is 24.2 Å². The van der Waals surface area contributed by atoms with Gasteiger partial charge in [-0.15, -0.1) is 0 Å². The van der Waals surface area contributed by atoms with E-state index in [1.54, 1.807) is 0 Å². The van der Waals surface area contributed by atoms with Crippen LogP contribution in [0, 0.1) is 12.8 Å². The molecular formula is C12H16BrNO. The van der Waals surface area contributed by atoms with Crippen molar-refractivity contribution >= 4 is 21.6 Å². The Hall–Kier alpha value is -0.540. The lowest BCUT2D eigenvalue weighted by Gasteiger charge is -2.11. The maximum absolute atomic E-state index is 5.34. The molecule has 0 aliphatic carbocycles. The van der Waals surface area contributed by atoms with Gasteiger partial charge in [0.25, 0.3) is 0 Å². The van der Waals surface area contributed by atoms with Crippen molar-refractivity contribution in [3.8, 4) is 0 Å². The highest BCUT2D eigenvalue weighted by Crippen LogP contribution is 2.21. The number of halogens is 1. The first-order valence-corrected chi connectivity index (χ1v) is 6.13. The second-order valence-electron chi connectivity index (χ2n) is 4.07. The van der Waals surface area contributed by atoms with Crippen molar-refractivity contribution in [1.82, 2.24) is 0 Å². The Balaban J connectivity index is 1.90. The fourth-order valence-electron chi connectivity index (χ4n) is 1.71. The van der Waals surface area contributed by atoms with E-state index in [4.69, 9.17) is 4.74 Å². The molecule has 1 aromatic rings. The monoisotopic (exact) mass is 269 g/mol. The van der Waals surface area contributed by atoms with Crippen molar-refractivity contribution in [2.75, 3.05) is 25.1 Å². The van der Waals surface area contributed by atoms with Crippen LogP contribution >= 0.6 is 15.9 Å². The molecule has 15 heavy (non-hydrogen) atoms. The minimum Gasteiger partial charge on any atom is -0.385 e. The average Bonchev–Trinajstić information content (AvgIpc) is 2.73. The molecule has 2 nitrogen and oxygen atoms in total. The van der Waals surface area contributed by atoms with Crippen molar-refractivity contribution in [1.29, 1.82) is 0 Å². The maximum atomic E-state index is 5.34. The summed E-state index contributed by atoms with van der Waals surface area (Å²) >= 11 is 3.53. The molecule has 1 aliphatic rings. The van der Waals surface area contributed by atoms with Gasteiger partial charge in [0.1, 0.15) is 0 Å². The number of nitrogens with one attached hydrogen (secondary N) is 1. The van der Waals surface area contributed by atoms with Crippen LogP contribution in [0.3, 0.4) is 0 Å². The zero-order valence-corrected chi connectivity index (χ0v) is 10.5. The normalized spacial score (nSPS) is 20.5. The van der Waals surface area contributed by atoms with E-state index in [1.807, 2.05) is 0 Å². The molecule has 0 saturated carbocycles. The summed E-state index contributed by atoms with van der Waals surface area (Å²) in [6, 6.07) is 6.37. The topological polar surface area (TPSA) is 21.3 Å². The molecule has 1 saturated heterocycles. The summed E-state index contributed by atoms with van der Waals surface area (Å²) in [6.45, 7) is 4.93. The first-order chi connectivity index (χ1) is 7.25. The zero-order chi connectivity index (χ0) is 10.7. The summed E-state index contributed by atoms with van der Waals surface area (Å²) in [5, 5.41) is 3.44. The molecular weight excluding hydrogens is 254 g/mol. The first-order valence-electron chi connectivity index (χ1n) is 5.33. The van der Waals surface area contributed by atoms with Gasteiger partial charge < -0.3 is 10.1 Å². The van der Waals surface area contributed by atoms with Gasteiger partial charge in [0.2, 0.25) is 0 Å². The minimum absolute atomic E-state index is 0.671. The number of aryl methyl sites for hydroxylation is 1. The number of hydrogen-bond donors (Lipinski definition) is 1. The van der Waals surface area contributed by atoms with Gasteiger partial charge in [-0.25, -0.2) is 0 Å². The van der Waals surface area contributed by atoms with E-state index in [1.165, 1.54) is 17.7 Å². The fourth-order valence-corrected chi connectivity index (χ4v) is 2.09. The smallest absolute Gasteiger partial charge is 0.0511 e. The van der Waals surface area contributed by atoms with Crippen LogP contribution < -0.4 is 5.32 Å². The quantitative estimate of drug-likeness (QED) is 0.910. The van der Waals surface area contributed by atoms with Crippen LogP contribution in [-0.2, 0) is 4.74 Å². The summed E-state index contributed by atoms with van der Waals surface area (Å²) < 4.78 is 6.50. The largest absolute Gasteiger partial charge is 0.385 e. The van der Waals surface area contributed by atoms with Crippen molar-refractivity contribution in [3.05, 3.63) is 28.2 Å². The summed E-state index contributed by atoms with van der Waals surface area (Å²) in [7, 11) is 0. The van der Waals surface area contributed by atoms with E-state index < -0.39 is 0 Å². The van der Waals surface area contributed by atoms with Crippen LogP contribution in [0.4, 0.5) is 5.69 Å². The highest BCUT2D eigenvalue weighted by Gasteiger charge is 2.14. The number of rotatable bonds is 3. The van der Waals surface area contributed by atoms with E-state index in [2.05, 4.69) is 46.4 Å². The van der Waals surface area contributed by atoms with Crippen LogP contribution in [0.1, 0.15) is 12.0 Å². The van der Waals surface area contributed by atoms with Gasteiger partial charge in [-0.05, 0) is 31.0 Å². The van der Waals surface area contributed by atoms with Crippen LogP contribution in [0.2, 0.25) is 0 Å². The Kier molecular flexibility index (Phi) is 3.65.